The topological polar surface area (TPSA) is 85.6 Å². The van der Waals surface area contributed by atoms with Gasteiger partial charge in [0.1, 0.15) is 0 Å². The van der Waals surface area contributed by atoms with E-state index in [1.54, 1.807) is 34.9 Å². The lowest BCUT2D eigenvalue weighted by Gasteiger charge is -2.30. The Balaban J connectivity index is 2.21. The summed E-state index contributed by atoms with van der Waals surface area (Å²) in [7, 11) is 1.31. The molecule has 6 heteroatoms. The van der Waals surface area contributed by atoms with Crippen LogP contribution < -0.4 is 0 Å². The maximum absolute atomic E-state index is 12.6. The number of hydrogen-bond acceptors (Lipinski definition) is 4. The third-order valence-electron chi connectivity index (χ3n) is 4.62. The van der Waals surface area contributed by atoms with Crippen LogP contribution in [0.15, 0.2) is 30.3 Å². The van der Waals surface area contributed by atoms with Gasteiger partial charge in [-0.2, -0.15) is 0 Å². The molecule has 0 amide bonds. The Morgan fingerprint density at radius 3 is 2.62 bits per heavy atom. The Hall–Kier alpha value is -2.89. The molecule has 26 heavy (non-hydrogen) atoms. The summed E-state index contributed by atoms with van der Waals surface area (Å²) in [6.07, 6.45) is 0.873. The highest BCUT2D eigenvalue weighted by Crippen LogP contribution is 2.37. The van der Waals surface area contributed by atoms with Crippen molar-refractivity contribution in [3.63, 3.8) is 0 Å². The van der Waals surface area contributed by atoms with E-state index in [0.717, 1.165) is 5.69 Å². The summed E-state index contributed by atoms with van der Waals surface area (Å²) in [4.78, 5) is 35.8. The molecular weight excluding hydrogens is 334 g/mol. The van der Waals surface area contributed by atoms with E-state index in [4.69, 9.17) is 4.74 Å². The van der Waals surface area contributed by atoms with Crippen LogP contribution in [0.5, 0.6) is 0 Å². The molecule has 0 saturated heterocycles. The number of Topliss-reactive ketones (excluding diaryl/α,β-unsaturated/α-hetero) is 1. The van der Waals surface area contributed by atoms with Crippen LogP contribution in [-0.4, -0.2) is 34.5 Å². The molecule has 136 valence electrons. The Bertz CT molecular complexity index is 907. The first-order chi connectivity index (χ1) is 12.2. The molecule has 1 aliphatic carbocycles. The van der Waals surface area contributed by atoms with Gasteiger partial charge in [-0.3, -0.25) is 9.59 Å². The lowest BCUT2D eigenvalue weighted by atomic mass is 9.76. The Morgan fingerprint density at radius 1 is 1.23 bits per heavy atom. The number of rotatable bonds is 4. The van der Waals surface area contributed by atoms with Crippen molar-refractivity contribution in [2.75, 3.05) is 7.11 Å². The average Bonchev–Trinajstić information content (AvgIpc) is 2.90. The monoisotopic (exact) mass is 355 g/mol. The van der Waals surface area contributed by atoms with E-state index < -0.39 is 11.9 Å². The maximum Gasteiger partial charge on any atom is 0.337 e. The number of ketones is 1. The van der Waals surface area contributed by atoms with Crippen molar-refractivity contribution in [2.24, 2.45) is 5.41 Å². The predicted octanol–water partition coefficient (Wildman–Crippen LogP) is 3.05. The van der Waals surface area contributed by atoms with Gasteiger partial charge in [0.25, 0.3) is 0 Å². The van der Waals surface area contributed by atoms with Gasteiger partial charge < -0.3 is 14.4 Å². The molecule has 0 unspecified atom stereocenters. The van der Waals surface area contributed by atoms with E-state index in [1.165, 1.54) is 7.11 Å². The standard InChI is InChI=1S/C20H21NO5/c1-20(2)10-16-15(17(22)11-20)8-14(9-18(23)24)21(16)13-6-4-5-12(7-13)19(25)26-3/h4-8H,9-11H2,1-3H3,(H,23,24). The summed E-state index contributed by atoms with van der Waals surface area (Å²) in [6.45, 7) is 4.04. The molecule has 0 bridgehead atoms. The highest BCUT2D eigenvalue weighted by molar-refractivity contribution is 5.99. The molecule has 0 saturated carbocycles. The second-order valence-electron chi connectivity index (χ2n) is 7.38. The van der Waals surface area contributed by atoms with Gasteiger partial charge in [-0.15, -0.1) is 0 Å². The summed E-state index contributed by atoms with van der Waals surface area (Å²) in [5.74, 6) is -1.42. The van der Waals surface area contributed by atoms with Crippen molar-refractivity contribution >= 4 is 17.7 Å². The number of aromatic nitrogens is 1. The van der Waals surface area contributed by atoms with Crippen molar-refractivity contribution in [1.82, 2.24) is 4.57 Å². The molecular formula is C20H21NO5. The zero-order valence-electron chi connectivity index (χ0n) is 15.0. The number of carbonyl (C=O) groups excluding carboxylic acids is 2. The number of carboxylic acids is 1. The number of carbonyl (C=O) groups is 3. The summed E-state index contributed by atoms with van der Waals surface area (Å²) in [6, 6.07) is 8.48. The van der Waals surface area contributed by atoms with Crippen LogP contribution in [0.25, 0.3) is 5.69 Å². The molecule has 1 aromatic heterocycles. The second-order valence-corrected chi connectivity index (χ2v) is 7.38. The maximum atomic E-state index is 12.6. The van der Waals surface area contributed by atoms with E-state index in [2.05, 4.69) is 0 Å². The van der Waals surface area contributed by atoms with Crippen molar-refractivity contribution < 1.29 is 24.2 Å². The van der Waals surface area contributed by atoms with E-state index in [-0.39, 0.29) is 17.6 Å². The van der Waals surface area contributed by atoms with Crippen molar-refractivity contribution in [3.8, 4) is 5.69 Å². The predicted molar refractivity (Wildman–Crippen MR) is 94.9 cm³/mol. The van der Waals surface area contributed by atoms with Crippen molar-refractivity contribution in [1.29, 1.82) is 0 Å². The fourth-order valence-corrected chi connectivity index (χ4v) is 3.57. The van der Waals surface area contributed by atoms with Gasteiger partial charge >= 0.3 is 11.9 Å². The summed E-state index contributed by atoms with van der Waals surface area (Å²) in [5.41, 5.74) is 2.70. The molecule has 3 rings (SSSR count). The normalized spacial score (nSPS) is 15.4. The SMILES string of the molecule is COC(=O)c1cccc(-n2c(CC(=O)O)cc3c2CC(C)(C)CC3=O)c1. The van der Waals surface area contributed by atoms with Crippen LogP contribution in [0.1, 0.15) is 52.4 Å². The zero-order chi connectivity index (χ0) is 19.1. The number of aliphatic carboxylic acids is 1. The largest absolute Gasteiger partial charge is 0.481 e. The van der Waals surface area contributed by atoms with Crippen molar-refractivity contribution in [2.45, 2.75) is 33.1 Å². The molecule has 0 radical (unpaired) electrons. The average molecular weight is 355 g/mol. The molecule has 1 aliphatic rings. The van der Waals surface area contributed by atoms with Gasteiger partial charge in [0.2, 0.25) is 0 Å². The van der Waals surface area contributed by atoms with Crippen LogP contribution in [-0.2, 0) is 22.4 Å². The van der Waals surface area contributed by atoms with Crippen LogP contribution in [0.3, 0.4) is 0 Å². The van der Waals surface area contributed by atoms with Gasteiger partial charge in [-0.05, 0) is 36.1 Å². The van der Waals surface area contributed by atoms with E-state index in [9.17, 15) is 19.5 Å². The molecule has 1 N–H and O–H groups in total. The summed E-state index contributed by atoms with van der Waals surface area (Å²) >= 11 is 0. The van der Waals surface area contributed by atoms with E-state index in [1.807, 2.05) is 13.8 Å². The highest BCUT2D eigenvalue weighted by atomic mass is 16.5. The fourth-order valence-electron chi connectivity index (χ4n) is 3.57. The fraction of sp³-hybridized carbons (Fsp3) is 0.350. The number of methoxy groups -OCH3 is 1. The highest BCUT2D eigenvalue weighted by Gasteiger charge is 2.35. The van der Waals surface area contributed by atoms with Gasteiger partial charge in [0.15, 0.2) is 5.78 Å². The minimum absolute atomic E-state index is 0.0192. The lowest BCUT2D eigenvalue weighted by Crippen LogP contribution is -2.28. The van der Waals surface area contributed by atoms with E-state index >= 15 is 0 Å². The number of nitrogens with zero attached hydrogens (tertiary/aromatic N) is 1. The number of esters is 1. The Kier molecular flexibility index (Phi) is 4.44. The number of ether oxygens (including phenoxy) is 1. The third-order valence-corrected chi connectivity index (χ3v) is 4.62. The number of hydrogen-bond donors (Lipinski definition) is 1. The summed E-state index contributed by atoms with van der Waals surface area (Å²) in [5, 5.41) is 9.28. The minimum Gasteiger partial charge on any atom is -0.481 e. The van der Waals surface area contributed by atoms with Crippen LogP contribution in [0, 0.1) is 5.41 Å². The second kappa shape index (κ2) is 6.44. The molecule has 6 nitrogen and oxygen atoms in total. The van der Waals surface area contributed by atoms with Gasteiger partial charge in [0.05, 0.1) is 19.1 Å². The summed E-state index contributed by atoms with van der Waals surface area (Å²) < 4.78 is 6.57. The third kappa shape index (κ3) is 3.27. The smallest absolute Gasteiger partial charge is 0.337 e. The first kappa shape index (κ1) is 17.9. The molecule has 0 aliphatic heterocycles. The molecule has 0 atom stereocenters. The van der Waals surface area contributed by atoms with Crippen LogP contribution in [0.2, 0.25) is 0 Å². The molecule has 1 aromatic carbocycles. The first-order valence-corrected chi connectivity index (χ1v) is 8.39. The quantitative estimate of drug-likeness (QED) is 0.852. The first-order valence-electron chi connectivity index (χ1n) is 8.39. The minimum atomic E-state index is -0.975. The Labute approximate surface area is 151 Å². The van der Waals surface area contributed by atoms with Crippen LogP contribution in [0.4, 0.5) is 0 Å². The van der Waals surface area contributed by atoms with Gasteiger partial charge in [-0.1, -0.05) is 19.9 Å². The Morgan fingerprint density at radius 2 is 1.96 bits per heavy atom. The van der Waals surface area contributed by atoms with Crippen LogP contribution >= 0.6 is 0 Å². The number of fused-ring (bicyclic) bond motifs is 1. The van der Waals surface area contributed by atoms with Gasteiger partial charge in [0, 0.05) is 29.1 Å². The van der Waals surface area contributed by atoms with Gasteiger partial charge in [-0.25, -0.2) is 4.79 Å². The van der Waals surface area contributed by atoms with Crippen molar-refractivity contribution in [3.05, 3.63) is 52.8 Å². The lowest BCUT2D eigenvalue weighted by molar-refractivity contribution is -0.136. The molecule has 0 fully saturated rings. The molecule has 0 spiro atoms. The zero-order valence-corrected chi connectivity index (χ0v) is 15.0. The molecule has 1 heterocycles. The molecule has 2 aromatic rings. The van der Waals surface area contributed by atoms with E-state index in [0.29, 0.717) is 35.3 Å². The number of benzene rings is 1. The number of carboxylic acid groups (broad SMARTS) is 1.